The Bertz CT molecular complexity index is 1080. The number of esters is 1. The molecule has 0 amide bonds. The maximum Gasteiger partial charge on any atom is 0.348 e. The third-order valence-electron chi connectivity index (χ3n) is 7.45. The van der Waals surface area contributed by atoms with E-state index >= 15 is 0 Å². The van der Waals surface area contributed by atoms with Gasteiger partial charge in [-0.25, -0.2) is 4.79 Å². The fourth-order valence-electron chi connectivity index (χ4n) is 4.93. The molecule has 0 N–H and O–H groups in total. The molecule has 4 heteroatoms. The van der Waals surface area contributed by atoms with E-state index in [0.29, 0.717) is 4.88 Å². The molecule has 1 unspecified atom stereocenters. The van der Waals surface area contributed by atoms with Crippen molar-refractivity contribution in [3.05, 3.63) is 65.5 Å². The number of unbranched alkanes of at least 4 members (excludes halogenated alkanes) is 11. The van der Waals surface area contributed by atoms with Crippen LogP contribution in [0.1, 0.15) is 120 Å². The Kier molecular flexibility index (Phi) is 14.9. The molecule has 0 saturated carbocycles. The molecule has 218 valence electrons. The van der Waals surface area contributed by atoms with Crippen LogP contribution in [0.3, 0.4) is 0 Å². The van der Waals surface area contributed by atoms with Gasteiger partial charge >= 0.3 is 5.97 Å². The second-order valence-corrected chi connectivity index (χ2v) is 12.1. The van der Waals surface area contributed by atoms with Gasteiger partial charge in [-0.15, -0.1) is 11.3 Å². The Balaban J connectivity index is 1.40. The minimum atomic E-state index is -0.212. The van der Waals surface area contributed by atoms with Gasteiger partial charge in [-0.1, -0.05) is 121 Å². The average molecular weight is 563 g/mol. The standard InChI is InChI=1S/C36H50O3S/c1-4-6-8-10-11-12-13-14-16-28-38-33-24-22-31(23-25-33)30-18-20-32(21-19-30)34-26-27-35(40-34)36(37)39-29(3)17-15-9-7-5-2/h18-27,29H,4-17,28H2,1-3H3. The van der Waals surface area contributed by atoms with Crippen molar-refractivity contribution in [2.24, 2.45) is 0 Å². The smallest absolute Gasteiger partial charge is 0.348 e. The Morgan fingerprint density at radius 2 is 1.18 bits per heavy atom. The van der Waals surface area contributed by atoms with Crippen LogP contribution < -0.4 is 4.74 Å². The van der Waals surface area contributed by atoms with Crippen LogP contribution in [0, 0.1) is 0 Å². The van der Waals surface area contributed by atoms with Crippen LogP contribution in [-0.4, -0.2) is 18.7 Å². The van der Waals surface area contributed by atoms with Crippen LogP contribution in [0.25, 0.3) is 21.6 Å². The third-order valence-corrected chi connectivity index (χ3v) is 8.57. The molecule has 0 aliphatic rings. The second kappa shape index (κ2) is 18.7. The summed E-state index contributed by atoms with van der Waals surface area (Å²) < 4.78 is 11.6. The van der Waals surface area contributed by atoms with Crippen molar-refractivity contribution in [2.75, 3.05) is 6.61 Å². The normalized spacial score (nSPS) is 11.9. The predicted molar refractivity (Wildman–Crippen MR) is 172 cm³/mol. The number of thiophene rings is 1. The van der Waals surface area contributed by atoms with Gasteiger partial charge in [0.05, 0.1) is 12.7 Å². The first kappa shape index (κ1) is 31.9. The molecule has 0 saturated heterocycles. The van der Waals surface area contributed by atoms with Crippen LogP contribution in [0.15, 0.2) is 60.7 Å². The van der Waals surface area contributed by atoms with E-state index in [1.54, 1.807) is 0 Å². The van der Waals surface area contributed by atoms with E-state index in [4.69, 9.17) is 9.47 Å². The molecule has 0 radical (unpaired) electrons. The molecule has 3 nitrogen and oxygen atoms in total. The van der Waals surface area contributed by atoms with Gasteiger partial charge < -0.3 is 9.47 Å². The number of hydrogen-bond donors (Lipinski definition) is 0. The van der Waals surface area contributed by atoms with E-state index in [1.807, 2.05) is 19.1 Å². The maximum atomic E-state index is 12.6. The lowest BCUT2D eigenvalue weighted by atomic mass is 10.0. The largest absolute Gasteiger partial charge is 0.494 e. The highest BCUT2D eigenvalue weighted by molar-refractivity contribution is 7.17. The average Bonchev–Trinajstić information content (AvgIpc) is 3.48. The van der Waals surface area contributed by atoms with Gasteiger partial charge in [-0.05, 0) is 67.1 Å². The molecule has 0 aliphatic heterocycles. The maximum absolute atomic E-state index is 12.6. The molecule has 0 fully saturated rings. The zero-order chi connectivity index (χ0) is 28.4. The summed E-state index contributed by atoms with van der Waals surface area (Å²) in [5.41, 5.74) is 3.45. The molecular weight excluding hydrogens is 512 g/mol. The van der Waals surface area contributed by atoms with E-state index in [2.05, 4.69) is 62.4 Å². The molecule has 3 aromatic rings. The van der Waals surface area contributed by atoms with E-state index < -0.39 is 0 Å². The quantitative estimate of drug-likeness (QED) is 0.101. The lowest BCUT2D eigenvalue weighted by Crippen LogP contribution is -2.14. The summed E-state index contributed by atoms with van der Waals surface area (Å²) in [4.78, 5) is 14.3. The third kappa shape index (κ3) is 11.5. The van der Waals surface area contributed by atoms with Crippen molar-refractivity contribution in [3.63, 3.8) is 0 Å². The fraction of sp³-hybridized carbons (Fsp3) is 0.528. The molecular formula is C36H50O3S. The van der Waals surface area contributed by atoms with Crippen molar-refractivity contribution in [2.45, 2.75) is 117 Å². The summed E-state index contributed by atoms with van der Waals surface area (Å²) in [6.07, 6.45) is 17.6. The molecule has 0 spiro atoms. The summed E-state index contributed by atoms with van der Waals surface area (Å²) >= 11 is 1.50. The Hall–Kier alpha value is -2.59. The van der Waals surface area contributed by atoms with Crippen molar-refractivity contribution in [1.82, 2.24) is 0 Å². The van der Waals surface area contributed by atoms with E-state index in [0.717, 1.165) is 42.1 Å². The van der Waals surface area contributed by atoms with Crippen LogP contribution in [0.4, 0.5) is 0 Å². The molecule has 1 atom stereocenters. The number of hydrogen-bond acceptors (Lipinski definition) is 4. The zero-order valence-electron chi connectivity index (χ0n) is 25.1. The summed E-state index contributed by atoms with van der Waals surface area (Å²) in [7, 11) is 0. The Morgan fingerprint density at radius 3 is 1.80 bits per heavy atom. The van der Waals surface area contributed by atoms with Crippen LogP contribution in [0.5, 0.6) is 5.75 Å². The number of rotatable bonds is 20. The number of carbonyl (C=O) groups excluding carboxylic acids is 1. The van der Waals surface area contributed by atoms with E-state index in [1.165, 1.54) is 93.1 Å². The summed E-state index contributed by atoms with van der Waals surface area (Å²) in [6.45, 7) is 7.26. The number of benzene rings is 2. The zero-order valence-corrected chi connectivity index (χ0v) is 25.9. The summed E-state index contributed by atoms with van der Waals surface area (Å²) in [5, 5.41) is 0. The van der Waals surface area contributed by atoms with Crippen molar-refractivity contribution in [1.29, 1.82) is 0 Å². The fourth-order valence-corrected chi connectivity index (χ4v) is 5.83. The highest BCUT2D eigenvalue weighted by Crippen LogP contribution is 2.31. The highest BCUT2D eigenvalue weighted by Gasteiger charge is 2.15. The van der Waals surface area contributed by atoms with Gasteiger partial charge in [0, 0.05) is 4.88 Å². The molecule has 0 bridgehead atoms. The van der Waals surface area contributed by atoms with Gasteiger partial charge in [0.1, 0.15) is 10.6 Å². The summed E-state index contributed by atoms with van der Waals surface area (Å²) in [6, 6.07) is 20.8. The minimum Gasteiger partial charge on any atom is -0.494 e. The van der Waals surface area contributed by atoms with Crippen LogP contribution in [-0.2, 0) is 4.74 Å². The topological polar surface area (TPSA) is 35.5 Å². The van der Waals surface area contributed by atoms with E-state index in [-0.39, 0.29) is 12.1 Å². The minimum absolute atomic E-state index is 0.0408. The Morgan fingerprint density at radius 1 is 0.650 bits per heavy atom. The van der Waals surface area contributed by atoms with Gasteiger partial charge in [-0.2, -0.15) is 0 Å². The number of carbonyl (C=O) groups is 1. The lowest BCUT2D eigenvalue weighted by Gasteiger charge is -2.12. The first-order chi connectivity index (χ1) is 19.6. The van der Waals surface area contributed by atoms with Gasteiger partial charge in [0.15, 0.2) is 0 Å². The molecule has 2 aromatic carbocycles. The van der Waals surface area contributed by atoms with Gasteiger partial charge in [0.25, 0.3) is 0 Å². The Labute approximate surface area is 247 Å². The molecule has 3 rings (SSSR count). The first-order valence-electron chi connectivity index (χ1n) is 15.7. The first-order valence-corrected chi connectivity index (χ1v) is 16.6. The van der Waals surface area contributed by atoms with E-state index in [9.17, 15) is 4.79 Å². The van der Waals surface area contributed by atoms with Gasteiger partial charge in [0.2, 0.25) is 0 Å². The van der Waals surface area contributed by atoms with Crippen molar-refractivity contribution < 1.29 is 14.3 Å². The molecule has 1 heterocycles. The molecule has 0 aliphatic carbocycles. The van der Waals surface area contributed by atoms with Crippen LogP contribution in [0.2, 0.25) is 0 Å². The lowest BCUT2D eigenvalue weighted by molar-refractivity contribution is 0.0325. The summed E-state index contributed by atoms with van der Waals surface area (Å²) in [5.74, 6) is 0.726. The van der Waals surface area contributed by atoms with Gasteiger partial charge in [-0.3, -0.25) is 0 Å². The van der Waals surface area contributed by atoms with Crippen molar-refractivity contribution >= 4 is 17.3 Å². The number of ether oxygens (including phenoxy) is 2. The SMILES string of the molecule is CCCCCCCCCCCOc1ccc(-c2ccc(-c3ccc(C(=O)OC(C)CCCCCC)s3)cc2)cc1. The monoisotopic (exact) mass is 562 g/mol. The molecule has 1 aromatic heterocycles. The highest BCUT2D eigenvalue weighted by atomic mass is 32.1. The second-order valence-electron chi connectivity index (χ2n) is 11.0. The molecule has 40 heavy (non-hydrogen) atoms. The van der Waals surface area contributed by atoms with Crippen LogP contribution >= 0.6 is 11.3 Å². The predicted octanol–water partition coefficient (Wildman–Crippen LogP) is 11.5. The van der Waals surface area contributed by atoms with Crippen molar-refractivity contribution in [3.8, 4) is 27.3 Å².